The SMILES string of the molecule is COc1cc2c(cc1OC)-c1c(C#N)cc(-c3ccc([N+](=O)[O-])cc3)c(=O)n1CC2. The Hall–Kier alpha value is -4.12. The smallest absolute Gasteiger partial charge is 0.269 e. The van der Waals surface area contributed by atoms with Crippen molar-refractivity contribution in [1.29, 1.82) is 5.26 Å². The normalized spacial score (nSPS) is 11.8. The number of nitro benzene ring substituents is 1. The summed E-state index contributed by atoms with van der Waals surface area (Å²) in [6, 6.07) is 13.1. The van der Waals surface area contributed by atoms with Gasteiger partial charge in [-0.2, -0.15) is 5.26 Å². The standard InChI is InChI=1S/C22H17N3O5/c1-29-19-10-14-7-8-24-21(17(14)11-20(19)30-2)15(12-23)9-18(22(24)26)13-3-5-16(6-4-13)25(27)28/h3-6,9-11H,7-8H2,1-2H3. The predicted molar refractivity (Wildman–Crippen MR) is 110 cm³/mol. The summed E-state index contributed by atoms with van der Waals surface area (Å²) in [5, 5.41) is 20.7. The minimum atomic E-state index is -0.497. The van der Waals surface area contributed by atoms with Crippen molar-refractivity contribution in [2.45, 2.75) is 13.0 Å². The molecule has 0 fully saturated rings. The third kappa shape index (κ3) is 2.97. The van der Waals surface area contributed by atoms with Crippen LogP contribution in [0.4, 0.5) is 5.69 Å². The molecule has 2 aromatic carbocycles. The first-order valence-electron chi connectivity index (χ1n) is 9.16. The number of ether oxygens (including phenoxy) is 2. The number of rotatable bonds is 4. The van der Waals surface area contributed by atoms with Crippen LogP contribution in [0, 0.1) is 21.4 Å². The Bertz CT molecular complexity index is 1270. The maximum atomic E-state index is 13.3. The number of hydrogen-bond donors (Lipinski definition) is 0. The fourth-order valence-corrected chi connectivity index (χ4v) is 3.81. The fourth-order valence-electron chi connectivity index (χ4n) is 3.81. The molecule has 2 heterocycles. The van der Waals surface area contributed by atoms with Crippen molar-refractivity contribution in [1.82, 2.24) is 4.57 Å². The first kappa shape index (κ1) is 19.2. The molecule has 8 nitrogen and oxygen atoms in total. The fraction of sp³-hybridized carbons (Fsp3) is 0.182. The van der Waals surface area contributed by atoms with Crippen molar-refractivity contribution in [3.8, 4) is 40.0 Å². The van der Waals surface area contributed by atoms with Crippen LogP contribution in [0.3, 0.4) is 0 Å². The average Bonchev–Trinajstić information content (AvgIpc) is 2.78. The zero-order valence-electron chi connectivity index (χ0n) is 16.3. The lowest BCUT2D eigenvalue weighted by Crippen LogP contribution is -2.28. The molecule has 1 aliphatic heterocycles. The van der Waals surface area contributed by atoms with Gasteiger partial charge in [-0.25, -0.2) is 0 Å². The van der Waals surface area contributed by atoms with Crippen molar-refractivity contribution in [3.05, 3.63) is 74.1 Å². The summed E-state index contributed by atoms with van der Waals surface area (Å²) in [5.74, 6) is 1.11. The Labute approximate surface area is 171 Å². The minimum Gasteiger partial charge on any atom is -0.493 e. The number of benzene rings is 2. The van der Waals surface area contributed by atoms with Crippen molar-refractivity contribution in [2.24, 2.45) is 0 Å². The largest absolute Gasteiger partial charge is 0.493 e. The topological polar surface area (TPSA) is 107 Å². The molecule has 150 valence electrons. The zero-order valence-corrected chi connectivity index (χ0v) is 16.3. The third-order valence-corrected chi connectivity index (χ3v) is 5.27. The highest BCUT2D eigenvalue weighted by atomic mass is 16.6. The Balaban J connectivity index is 1.94. The lowest BCUT2D eigenvalue weighted by atomic mass is 9.92. The number of non-ortho nitro benzene ring substituents is 1. The molecular formula is C22H17N3O5. The van der Waals surface area contributed by atoms with Crippen LogP contribution in [0.5, 0.6) is 11.5 Å². The van der Waals surface area contributed by atoms with Gasteiger partial charge in [-0.1, -0.05) is 0 Å². The lowest BCUT2D eigenvalue weighted by Gasteiger charge is -2.25. The van der Waals surface area contributed by atoms with Gasteiger partial charge >= 0.3 is 0 Å². The van der Waals surface area contributed by atoms with E-state index in [0.717, 1.165) is 11.1 Å². The molecule has 0 saturated heterocycles. The van der Waals surface area contributed by atoms with Crippen molar-refractivity contribution < 1.29 is 14.4 Å². The molecule has 0 bridgehead atoms. The van der Waals surface area contributed by atoms with E-state index in [1.807, 2.05) is 6.07 Å². The van der Waals surface area contributed by atoms with Gasteiger partial charge in [0.2, 0.25) is 0 Å². The number of nitriles is 1. The van der Waals surface area contributed by atoms with Gasteiger partial charge in [0.25, 0.3) is 11.2 Å². The van der Waals surface area contributed by atoms with E-state index in [2.05, 4.69) is 6.07 Å². The highest BCUT2D eigenvalue weighted by Gasteiger charge is 2.25. The van der Waals surface area contributed by atoms with Gasteiger partial charge in [0, 0.05) is 29.8 Å². The molecule has 0 spiro atoms. The second-order valence-electron chi connectivity index (χ2n) is 6.81. The second-order valence-corrected chi connectivity index (χ2v) is 6.81. The first-order chi connectivity index (χ1) is 14.5. The molecule has 3 aromatic rings. The molecule has 8 heteroatoms. The summed E-state index contributed by atoms with van der Waals surface area (Å²) in [5.41, 5.74) is 3.14. The van der Waals surface area contributed by atoms with E-state index in [-0.39, 0.29) is 11.2 Å². The van der Waals surface area contributed by atoms with Crippen LogP contribution in [0.2, 0.25) is 0 Å². The van der Waals surface area contributed by atoms with E-state index in [4.69, 9.17) is 9.47 Å². The maximum absolute atomic E-state index is 13.3. The van der Waals surface area contributed by atoms with Gasteiger partial charge in [0.15, 0.2) is 11.5 Å². The number of nitro groups is 1. The molecule has 1 aliphatic rings. The molecule has 0 aliphatic carbocycles. The number of fused-ring (bicyclic) bond motifs is 3. The third-order valence-electron chi connectivity index (χ3n) is 5.27. The number of methoxy groups -OCH3 is 2. The monoisotopic (exact) mass is 403 g/mol. The highest BCUT2D eigenvalue weighted by molar-refractivity contribution is 5.78. The van der Waals surface area contributed by atoms with Crippen LogP contribution in [0.25, 0.3) is 22.4 Å². The Morgan fingerprint density at radius 1 is 1.07 bits per heavy atom. The van der Waals surface area contributed by atoms with E-state index in [1.54, 1.807) is 23.8 Å². The summed E-state index contributed by atoms with van der Waals surface area (Å²) < 4.78 is 12.3. The Kier molecular flexibility index (Phi) is 4.72. The number of aromatic nitrogens is 1. The van der Waals surface area contributed by atoms with Crippen LogP contribution in [-0.4, -0.2) is 23.7 Å². The lowest BCUT2D eigenvalue weighted by molar-refractivity contribution is -0.384. The van der Waals surface area contributed by atoms with E-state index in [0.29, 0.717) is 46.8 Å². The number of pyridine rings is 1. The van der Waals surface area contributed by atoms with Crippen molar-refractivity contribution in [2.75, 3.05) is 14.2 Å². The second kappa shape index (κ2) is 7.37. The van der Waals surface area contributed by atoms with Gasteiger partial charge < -0.3 is 14.0 Å². The molecular weight excluding hydrogens is 386 g/mol. The van der Waals surface area contributed by atoms with Crippen molar-refractivity contribution >= 4 is 5.69 Å². The van der Waals surface area contributed by atoms with E-state index < -0.39 is 4.92 Å². The van der Waals surface area contributed by atoms with Gasteiger partial charge in [0.1, 0.15) is 6.07 Å². The van der Waals surface area contributed by atoms with E-state index >= 15 is 0 Å². The summed E-state index contributed by atoms with van der Waals surface area (Å²) in [4.78, 5) is 23.7. The van der Waals surface area contributed by atoms with Crippen LogP contribution in [0.1, 0.15) is 11.1 Å². The summed E-state index contributed by atoms with van der Waals surface area (Å²) >= 11 is 0. The summed E-state index contributed by atoms with van der Waals surface area (Å²) in [6.45, 7) is 0.409. The molecule has 4 rings (SSSR count). The van der Waals surface area contributed by atoms with Crippen LogP contribution >= 0.6 is 0 Å². The molecule has 0 N–H and O–H groups in total. The van der Waals surface area contributed by atoms with Gasteiger partial charge in [0.05, 0.1) is 30.4 Å². The van der Waals surface area contributed by atoms with Gasteiger partial charge in [-0.15, -0.1) is 0 Å². The molecule has 0 unspecified atom stereocenters. The Morgan fingerprint density at radius 3 is 2.33 bits per heavy atom. The maximum Gasteiger partial charge on any atom is 0.269 e. The van der Waals surface area contributed by atoms with Crippen molar-refractivity contribution in [3.63, 3.8) is 0 Å². The molecule has 0 radical (unpaired) electrons. The number of hydrogen-bond acceptors (Lipinski definition) is 6. The van der Waals surface area contributed by atoms with Gasteiger partial charge in [-0.3, -0.25) is 14.9 Å². The predicted octanol–water partition coefficient (Wildman–Crippen LogP) is 3.54. The number of aryl methyl sites for hydroxylation is 1. The van der Waals surface area contributed by atoms with E-state index in [1.165, 1.54) is 31.4 Å². The summed E-state index contributed by atoms with van der Waals surface area (Å²) in [6.07, 6.45) is 0.594. The number of nitrogens with zero attached hydrogens (tertiary/aromatic N) is 3. The zero-order chi connectivity index (χ0) is 21.4. The van der Waals surface area contributed by atoms with E-state index in [9.17, 15) is 20.2 Å². The quantitative estimate of drug-likeness (QED) is 0.487. The Morgan fingerprint density at radius 2 is 1.73 bits per heavy atom. The minimum absolute atomic E-state index is 0.0627. The summed E-state index contributed by atoms with van der Waals surface area (Å²) in [7, 11) is 3.09. The molecule has 1 aromatic heterocycles. The van der Waals surface area contributed by atoms with Crippen LogP contribution in [0.15, 0.2) is 47.3 Å². The average molecular weight is 403 g/mol. The van der Waals surface area contributed by atoms with Gasteiger partial charge in [-0.05, 0) is 47.9 Å². The highest BCUT2D eigenvalue weighted by Crippen LogP contribution is 2.39. The van der Waals surface area contributed by atoms with Crippen LogP contribution < -0.4 is 15.0 Å². The molecule has 0 atom stereocenters. The molecule has 0 saturated carbocycles. The molecule has 30 heavy (non-hydrogen) atoms. The first-order valence-corrected chi connectivity index (χ1v) is 9.16. The molecule has 0 amide bonds. The van der Waals surface area contributed by atoms with Crippen LogP contribution in [-0.2, 0) is 13.0 Å².